The Morgan fingerprint density at radius 3 is 2.54 bits per heavy atom. The number of aromatic nitrogens is 3. The zero-order valence-electron chi connectivity index (χ0n) is 21.1. The number of aromatic hydroxyl groups is 1. The van der Waals surface area contributed by atoms with Gasteiger partial charge in [-0.05, 0) is 54.4 Å². The van der Waals surface area contributed by atoms with E-state index in [-0.39, 0.29) is 11.3 Å². The standard InChI is InChI=1S/C29H31N5O3/c1-21-17-25(35)27(29(36)34(21)20-22-7-6-11-30-19-22)28(23-8-5-9-24(18-23)37-2)33-15-13-32(14-16-33)26-10-3-4-12-31-26/h3-12,17-19,28,35H,13-16,20H2,1-2H3. The molecule has 1 fully saturated rings. The first-order chi connectivity index (χ1) is 18.0. The molecule has 0 spiro atoms. The highest BCUT2D eigenvalue weighted by Crippen LogP contribution is 2.35. The lowest BCUT2D eigenvalue weighted by atomic mass is 9.95. The minimum absolute atomic E-state index is 0.00455. The molecule has 190 valence electrons. The quantitative estimate of drug-likeness (QED) is 0.418. The van der Waals surface area contributed by atoms with Gasteiger partial charge < -0.3 is 19.3 Å². The molecule has 1 unspecified atom stereocenters. The Kier molecular flexibility index (Phi) is 7.18. The van der Waals surface area contributed by atoms with Crippen LogP contribution in [0.2, 0.25) is 0 Å². The maximum atomic E-state index is 14.0. The number of methoxy groups -OCH3 is 1. The first-order valence-electron chi connectivity index (χ1n) is 12.4. The van der Waals surface area contributed by atoms with Crippen molar-refractivity contribution in [2.45, 2.75) is 19.5 Å². The van der Waals surface area contributed by atoms with E-state index in [0.717, 1.165) is 30.0 Å². The second-order valence-electron chi connectivity index (χ2n) is 9.23. The van der Waals surface area contributed by atoms with Crippen molar-refractivity contribution in [2.75, 3.05) is 38.2 Å². The van der Waals surface area contributed by atoms with Gasteiger partial charge in [0.2, 0.25) is 0 Å². The molecular weight excluding hydrogens is 466 g/mol. The van der Waals surface area contributed by atoms with Crippen molar-refractivity contribution in [1.29, 1.82) is 0 Å². The Morgan fingerprint density at radius 1 is 1.00 bits per heavy atom. The molecule has 1 saturated heterocycles. The SMILES string of the molecule is COc1cccc(C(c2c(O)cc(C)n(Cc3cccnc3)c2=O)N2CCN(c3ccccn3)CC2)c1. The Hall–Kier alpha value is -4.17. The molecule has 1 aliphatic heterocycles. The molecule has 1 N–H and O–H groups in total. The zero-order valence-corrected chi connectivity index (χ0v) is 21.1. The highest BCUT2D eigenvalue weighted by molar-refractivity contribution is 5.44. The highest BCUT2D eigenvalue weighted by atomic mass is 16.5. The molecule has 8 heteroatoms. The molecule has 0 aliphatic carbocycles. The van der Waals surface area contributed by atoms with Crippen LogP contribution in [-0.2, 0) is 6.54 Å². The normalized spacial score (nSPS) is 14.9. The zero-order chi connectivity index (χ0) is 25.8. The Labute approximate surface area is 216 Å². The van der Waals surface area contributed by atoms with Gasteiger partial charge in [-0.3, -0.25) is 14.7 Å². The van der Waals surface area contributed by atoms with Crippen molar-refractivity contribution in [1.82, 2.24) is 19.4 Å². The van der Waals surface area contributed by atoms with Crippen molar-refractivity contribution in [3.05, 3.63) is 112 Å². The largest absolute Gasteiger partial charge is 0.507 e. The lowest BCUT2D eigenvalue weighted by Crippen LogP contribution is -2.49. The third-order valence-corrected chi connectivity index (χ3v) is 6.92. The highest BCUT2D eigenvalue weighted by Gasteiger charge is 2.32. The number of hydrogen-bond donors (Lipinski definition) is 1. The molecule has 1 atom stereocenters. The average molecular weight is 498 g/mol. The summed E-state index contributed by atoms with van der Waals surface area (Å²) in [4.78, 5) is 27.2. The predicted molar refractivity (Wildman–Crippen MR) is 143 cm³/mol. The monoisotopic (exact) mass is 497 g/mol. The summed E-state index contributed by atoms with van der Waals surface area (Å²) >= 11 is 0. The van der Waals surface area contributed by atoms with Gasteiger partial charge in [-0.2, -0.15) is 0 Å². The summed E-state index contributed by atoms with van der Waals surface area (Å²) in [6, 6.07) is 18.7. The minimum Gasteiger partial charge on any atom is -0.507 e. The summed E-state index contributed by atoms with van der Waals surface area (Å²) in [6.45, 7) is 5.14. The molecule has 0 saturated carbocycles. The number of aryl methyl sites for hydroxylation is 1. The van der Waals surface area contributed by atoms with Crippen LogP contribution in [0.1, 0.15) is 28.4 Å². The molecule has 0 bridgehead atoms. The van der Waals surface area contributed by atoms with Gasteiger partial charge in [-0.15, -0.1) is 0 Å². The first-order valence-corrected chi connectivity index (χ1v) is 12.4. The van der Waals surface area contributed by atoms with Gasteiger partial charge in [0, 0.05) is 50.5 Å². The van der Waals surface area contributed by atoms with Crippen molar-refractivity contribution in [3.63, 3.8) is 0 Å². The van der Waals surface area contributed by atoms with Gasteiger partial charge in [0.05, 0.1) is 25.3 Å². The van der Waals surface area contributed by atoms with Crippen LogP contribution in [0.15, 0.2) is 84.0 Å². The summed E-state index contributed by atoms with van der Waals surface area (Å²) in [7, 11) is 1.63. The number of nitrogens with zero attached hydrogens (tertiary/aromatic N) is 5. The maximum absolute atomic E-state index is 14.0. The van der Waals surface area contributed by atoms with Gasteiger partial charge >= 0.3 is 0 Å². The summed E-state index contributed by atoms with van der Waals surface area (Å²) in [5.41, 5.74) is 2.68. The molecule has 8 nitrogen and oxygen atoms in total. The lowest BCUT2D eigenvalue weighted by molar-refractivity contribution is 0.207. The fourth-order valence-electron chi connectivity index (χ4n) is 5.02. The van der Waals surface area contributed by atoms with Crippen LogP contribution in [0, 0.1) is 6.92 Å². The van der Waals surface area contributed by atoms with E-state index in [1.807, 2.05) is 61.5 Å². The van der Waals surface area contributed by atoms with Gasteiger partial charge in [-0.25, -0.2) is 4.98 Å². The van der Waals surface area contributed by atoms with E-state index in [1.54, 1.807) is 36.3 Å². The molecule has 37 heavy (non-hydrogen) atoms. The minimum atomic E-state index is -0.436. The number of piperazine rings is 1. The maximum Gasteiger partial charge on any atom is 0.259 e. The molecule has 5 rings (SSSR count). The molecule has 4 heterocycles. The number of benzene rings is 1. The van der Waals surface area contributed by atoms with Gasteiger partial charge in [0.1, 0.15) is 17.3 Å². The van der Waals surface area contributed by atoms with Gasteiger partial charge in [-0.1, -0.05) is 24.3 Å². The fraction of sp³-hybridized carbons (Fsp3) is 0.276. The molecule has 4 aromatic rings. The number of hydrogen-bond acceptors (Lipinski definition) is 7. The van der Waals surface area contributed by atoms with E-state index in [9.17, 15) is 9.90 Å². The van der Waals surface area contributed by atoms with Crippen molar-refractivity contribution < 1.29 is 9.84 Å². The van der Waals surface area contributed by atoms with E-state index < -0.39 is 6.04 Å². The predicted octanol–water partition coefficient (Wildman–Crippen LogP) is 3.62. The van der Waals surface area contributed by atoms with E-state index in [4.69, 9.17) is 4.74 Å². The fourth-order valence-corrected chi connectivity index (χ4v) is 5.02. The molecular formula is C29H31N5O3. The van der Waals surface area contributed by atoms with Crippen LogP contribution in [0.25, 0.3) is 0 Å². The van der Waals surface area contributed by atoms with E-state index in [0.29, 0.717) is 36.6 Å². The second kappa shape index (κ2) is 10.8. The van der Waals surface area contributed by atoms with E-state index in [2.05, 4.69) is 19.8 Å². The molecule has 0 amide bonds. The molecule has 0 radical (unpaired) electrons. The van der Waals surface area contributed by atoms with Crippen LogP contribution < -0.4 is 15.2 Å². The van der Waals surface area contributed by atoms with Crippen molar-refractivity contribution in [2.24, 2.45) is 0 Å². The van der Waals surface area contributed by atoms with Gasteiger partial charge in [0.15, 0.2) is 0 Å². The summed E-state index contributed by atoms with van der Waals surface area (Å²) in [5, 5.41) is 11.2. The Morgan fingerprint density at radius 2 is 1.84 bits per heavy atom. The molecule has 3 aromatic heterocycles. The first kappa shape index (κ1) is 24.5. The second-order valence-corrected chi connectivity index (χ2v) is 9.23. The van der Waals surface area contributed by atoms with Crippen molar-refractivity contribution in [3.8, 4) is 11.5 Å². The summed E-state index contributed by atoms with van der Waals surface area (Å²) < 4.78 is 7.21. The Balaban J connectivity index is 1.55. The number of rotatable bonds is 7. The van der Waals surface area contributed by atoms with Crippen LogP contribution in [0.4, 0.5) is 5.82 Å². The van der Waals surface area contributed by atoms with E-state index in [1.165, 1.54) is 0 Å². The topological polar surface area (TPSA) is 83.7 Å². The summed E-state index contributed by atoms with van der Waals surface area (Å²) in [5.74, 6) is 1.65. The van der Waals surface area contributed by atoms with Crippen LogP contribution in [0.5, 0.6) is 11.5 Å². The van der Waals surface area contributed by atoms with Crippen LogP contribution in [0.3, 0.4) is 0 Å². The summed E-state index contributed by atoms with van der Waals surface area (Å²) in [6.07, 6.45) is 5.27. The van der Waals surface area contributed by atoms with Crippen molar-refractivity contribution >= 4 is 5.82 Å². The molecule has 1 aromatic carbocycles. The third kappa shape index (κ3) is 5.20. The number of pyridine rings is 3. The van der Waals surface area contributed by atoms with Crippen LogP contribution in [-0.4, -0.2) is 57.8 Å². The number of ether oxygens (including phenoxy) is 1. The van der Waals surface area contributed by atoms with Gasteiger partial charge in [0.25, 0.3) is 5.56 Å². The van der Waals surface area contributed by atoms with E-state index >= 15 is 0 Å². The average Bonchev–Trinajstić information content (AvgIpc) is 2.94. The molecule has 1 aliphatic rings. The Bertz CT molecular complexity index is 1400. The number of anilines is 1. The van der Waals surface area contributed by atoms with Crippen LogP contribution >= 0.6 is 0 Å². The smallest absolute Gasteiger partial charge is 0.259 e. The third-order valence-electron chi connectivity index (χ3n) is 6.92. The lowest BCUT2D eigenvalue weighted by Gasteiger charge is -2.40.